The number of hydrogen-bond acceptors (Lipinski definition) is 2. The summed E-state index contributed by atoms with van der Waals surface area (Å²) >= 11 is 1.91. The predicted octanol–water partition coefficient (Wildman–Crippen LogP) is 12.0. The van der Waals surface area contributed by atoms with Crippen LogP contribution in [-0.2, 0) is 6.42 Å². The maximum absolute atomic E-state index is 5.58. The summed E-state index contributed by atoms with van der Waals surface area (Å²) < 4.78 is 2.65. The molecule has 1 aliphatic heterocycles. The molecule has 44 heavy (non-hydrogen) atoms. The highest BCUT2D eigenvalue weighted by molar-refractivity contribution is 7.26. The molecule has 0 N–H and O–H groups in total. The number of aliphatic imine (C=N–C) groups is 1. The van der Waals surface area contributed by atoms with Crippen molar-refractivity contribution in [3.05, 3.63) is 156 Å². The number of rotatable bonds is 3. The van der Waals surface area contributed by atoms with Gasteiger partial charge in [0, 0.05) is 31.3 Å². The van der Waals surface area contributed by atoms with Gasteiger partial charge in [0.25, 0.3) is 0 Å². The van der Waals surface area contributed by atoms with Gasteiger partial charge < -0.3 is 0 Å². The largest absolute Gasteiger partial charge is 0.247 e. The lowest BCUT2D eigenvalue weighted by atomic mass is 9.89. The van der Waals surface area contributed by atoms with Gasteiger partial charge in [-0.3, -0.25) is 0 Å². The minimum atomic E-state index is 1.00. The maximum Gasteiger partial charge on any atom is 0.0798 e. The average molecular weight is 580 g/mol. The summed E-state index contributed by atoms with van der Waals surface area (Å²) in [4.78, 5) is 5.58. The Kier molecular flexibility index (Phi) is 5.95. The molecular weight excluding hydrogens is 551 g/mol. The van der Waals surface area contributed by atoms with Crippen molar-refractivity contribution in [3.8, 4) is 11.1 Å². The fourth-order valence-corrected chi connectivity index (χ4v) is 8.38. The SMILES string of the molecule is C1=C(c2cccc(-c3ccccc3)c2)\C(c2ccc3c4ccccc4c4cccc5sc2c3c54)=N/c2ccccc2CCC/1. The lowest BCUT2D eigenvalue weighted by Crippen LogP contribution is -2.06. The van der Waals surface area contributed by atoms with Gasteiger partial charge in [0.1, 0.15) is 0 Å². The molecule has 1 nitrogen and oxygen atoms in total. The maximum atomic E-state index is 5.58. The van der Waals surface area contributed by atoms with Crippen LogP contribution in [0.3, 0.4) is 0 Å². The number of fused-ring (bicyclic) bond motifs is 4. The number of para-hydroxylation sites is 1. The highest BCUT2D eigenvalue weighted by Crippen LogP contribution is 2.47. The molecule has 0 bridgehead atoms. The normalized spacial score (nSPS) is 16.3. The quantitative estimate of drug-likeness (QED) is 0.185. The minimum absolute atomic E-state index is 1.00. The highest BCUT2D eigenvalue weighted by Gasteiger charge is 2.23. The highest BCUT2D eigenvalue weighted by atomic mass is 32.1. The molecule has 0 radical (unpaired) electrons. The van der Waals surface area contributed by atoms with Crippen molar-refractivity contribution in [1.82, 2.24) is 0 Å². The zero-order valence-corrected chi connectivity index (χ0v) is 25.1. The van der Waals surface area contributed by atoms with Gasteiger partial charge in [0.05, 0.1) is 11.4 Å². The number of allylic oxidation sites excluding steroid dienone is 2. The molecule has 0 aliphatic carbocycles. The summed E-state index contributed by atoms with van der Waals surface area (Å²) in [5.41, 5.74) is 9.54. The Morgan fingerprint density at radius 1 is 0.545 bits per heavy atom. The molecule has 2 heterocycles. The van der Waals surface area contributed by atoms with E-state index >= 15 is 0 Å². The van der Waals surface area contributed by atoms with Crippen molar-refractivity contribution in [2.45, 2.75) is 19.3 Å². The Bertz CT molecular complexity index is 2410. The number of nitrogens with zero attached hydrogens (tertiary/aromatic N) is 1. The van der Waals surface area contributed by atoms with Crippen LogP contribution in [0.2, 0.25) is 0 Å². The van der Waals surface area contributed by atoms with Crippen LogP contribution in [0.4, 0.5) is 5.69 Å². The zero-order chi connectivity index (χ0) is 29.0. The molecule has 0 saturated carbocycles. The number of hydrogen-bond donors (Lipinski definition) is 0. The van der Waals surface area contributed by atoms with Crippen molar-refractivity contribution in [2.24, 2.45) is 4.99 Å². The first-order chi connectivity index (χ1) is 21.8. The molecule has 9 rings (SSSR count). The Hall–Kier alpha value is -5.05. The van der Waals surface area contributed by atoms with Gasteiger partial charge >= 0.3 is 0 Å². The van der Waals surface area contributed by atoms with Gasteiger partial charge in [0.15, 0.2) is 0 Å². The van der Waals surface area contributed by atoms with Crippen LogP contribution < -0.4 is 0 Å². The molecule has 0 spiro atoms. The molecule has 0 unspecified atom stereocenters. The van der Waals surface area contributed by atoms with Gasteiger partial charge in [-0.05, 0) is 81.3 Å². The molecule has 0 atom stereocenters. The second-order valence-corrected chi connectivity index (χ2v) is 12.8. The Labute approximate surface area is 260 Å². The first-order valence-electron chi connectivity index (χ1n) is 15.4. The summed E-state index contributed by atoms with van der Waals surface area (Å²) in [6, 6.07) is 48.7. The van der Waals surface area contributed by atoms with Crippen molar-refractivity contribution >= 4 is 70.0 Å². The van der Waals surface area contributed by atoms with Gasteiger partial charge in [-0.25, -0.2) is 4.99 Å². The van der Waals surface area contributed by atoms with Crippen LogP contribution in [-0.4, -0.2) is 5.71 Å². The fourth-order valence-electron chi connectivity index (χ4n) is 7.11. The smallest absolute Gasteiger partial charge is 0.0798 e. The lowest BCUT2D eigenvalue weighted by Gasteiger charge is -2.16. The first kappa shape index (κ1) is 25.4. The topological polar surface area (TPSA) is 12.4 Å². The van der Waals surface area contributed by atoms with E-state index in [0.717, 1.165) is 30.7 Å². The van der Waals surface area contributed by atoms with Gasteiger partial charge in [-0.15, -0.1) is 11.3 Å². The molecule has 0 amide bonds. The van der Waals surface area contributed by atoms with Crippen LogP contribution >= 0.6 is 11.3 Å². The number of aryl methyl sites for hydroxylation is 1. The van der Waals surface area contributed by atoms with E-state index < -0.39 is 0 Å². The van der Waals surface area contributed by atoms with Crippen molar-refractivity contribution in [3.63, 3.8) is 0 Å². The summed E-state index contributed by atoms with van der Waals surface area (Å²) in [6.45, 7) is 0. The number of benzene rings is 7. The Morgan fingerprint density at radius 3 is 2.14 bits per heavy atom. The molecule has 2 heteroatoms. The average Bonchev–Trinajstić information content (AvgIpc) is 3.52. The third-order valence-electron chi connectivity index (χ3n) is 9.17. The van der Waals surface area contributed by atoms with Gasteiger partial charge in [0.2, 0.25) is 0 Å². The summed E-state index contributed by atoms with van der Waals surface area (Å²) in [5.74, 6) is 0. The second-order valence-electron chi connectivity index (χ2n) is 11.7. The van der Waals surface area contributed by atoms with E-state index in [1.165, 1.54) is 75.1 Å². The molecule has 0 saturated heterocycles. The van der Waals surface area contributed by atoms with Crippen LogP contribution in [0.5, 0.6) is 0 Å². The first-order valence-corrected chi connectivity index (χ1v) is 16.3. The summed E-state index contributed by atoms with van der Waals surface area (Å²) in [5, 5.41) is 8.04. The van der Waals surface area contributed by atoms with Crippen LogP contribution in [0.25, 0.3) is 58.4 Å². The van der Waals surface area contributed by atoms with Crippen molar-refractivity contribution in [2.75, 3.05) is 0 Å². The molecule has 208 valence electrons. The summed E-state index contributed by atoms with van der Waals surface area (Å²) in [7, 11) is 0. The Balaban J connectivity index is 1.35. The monoisotopic (exact) mass is 579 g/mol. The Morgan fingerprint density at radius 2 is 1.25 bits per heavy atom. The standard InChI is InChI=1S/C42H29NS/c1-2-12-27(13-3-1)29-16-10-17-30(26-29)31-18-6-4-14-28-15-5-9-22-37(28)43-41(31)36-25-24-35-33-20-8-7-19-32(33)34-21-11-23-38-39(34)40(35)42(36)44-38/h1-3,5,7-13,15-26H,4,6,14H2/b31-18-,43-41+. The number of thiophene rings is 1. The van der Waals surface area contributed by atoms with E-state index in [0.29, 0.717) is 0 Å². The predicted molar refractivity (Wildman–Crippen MR) is 191 cm³/mol. The molecule has 1 aromatic heterocycles. The van der Waals surface area contributed by atoms with E-state index in [9.17, 15) is 0 Å². The zero-order valence-electron chi connectivity index (χ0n) is 24.3. The molecular formula is C42H29NS. The lowest BCUT2D eigenvalue weighted by molar-refractivity contribution is 0.846. The fraction of sp³-hybridized carbons (Fsp3) is 0.0714. The molecule has 7 aromatic carbocycles. The van der Waals surface area contributed by atoms with Crippen LogP contribution in [0, 0.1) is 0 Å². The van der Waals surface area contributed by atoms with Crippen molar-refractivity contribution < 1.29 is 0 Å². The minimum Gasteiger partial charge on any atom is -0.247 e. The van der Waals surface area contributed by atoms with Crippen molar-refractivity contribution in [1.29, 1.82) is 0 Å². The molecule has 0 fully saturated rings. The van der Waals surface area contributed by atoms with Gasteiger partial charge in [-0.2, -0.15) is 0 Å². The molecule has 1 aliphatic rings. The van der Waals surface area contributed by atoms with E-state index in [-0.39, 0.29) is 0 Å². The van der Waals surface area contributed by atoms with E-state index in [4.69, 9.17) is 4.99 Å². The van der Waals surface area contributed by atoms with E-state index in [1.54, 1.807) is 0 Å². The van der Waals surface area contributed by atoms with Crippen LogP contribution in [0.1, 0.15) is 29.5 Å². The van der Waals surface area contributed by atoms with E-state index in [1.807, 2.05) is 11.3 Å². The van der Waals surface area contributed by atoms with Crippen LogP contribution in [0.15, 0.2) is 145 Å². The molecule has 8 aromatic rings. The van der Waals surface area contributed by atoms with Gasteiger partial charge in [-0.1, -0.05) is 121 Å². The van der Waals surface area contributed by atoms with E-state index in [2.05, 4.69) is 140 Å². The third kappa shape index (κ3) is 4.02. The summed E-state index contributed by atoms with van der Waals surface area (Å²) in [6.07, 6.45) is 5.56. The third-order valence-corrected chi connectivity index (χ3v) is 10.4. The second kappa shape index (κ2) is 10.3.